The Hall–Kier alpha value is -1.72. The van der Waals surface area contributed by atoms with Crippen LogP contribution in [-0.4, -0.2) is 11.4 Å². The first-order valence-corrected chi connectivity index (χ1v) is 6.61. The molecule has 0 radical (unpaired) electrons. The highest BCUT2D eigenvalue weighted by Crippen LogP contribution is 2.34. The van der Waals surface area contributed by atoms with Crippen LogP contribution in [0.2, 0.25) is 0 Å². The molecule has 1 aromatic carbocycles. The van der Waals surface area contributed by atoms with Crippen LogP contribution in [0.1, 0.15) is 5.56 Å². The van der Waals surface area contributed by atoms with E-state index in [1.165, 1.54) is 28.9 Å². The van der Waals surface area contributed by atoms with E-state index in [0.29, 0.717) is 5.56 Å². The molecule has 0 saturated carbocycles. The van der Waals surface area contributed by atoms with Crippen molar-refractivity contribution in [2.24, 2.45) is 5.16 Å². The average Bonchev–Trinajstić information content (AvgIpc) is 2.73. The van der Waals surface area contributed by atoms with E-state index in [2.05, 4.69) is 5.16 Å². The van der Waals surface area contributed by atoms with Crippen LogP contribution in [0.15, 0.2) is 39.6 Å². The second-order valence-corrected chi connectivity index (χ2v) is 5.45. The third kappa shape index (κ3) is 1.55. The summed E-state index contributed by atoms with van der Waals surface area (Å²) in [6, 6.07) is 7.95. The van der Waals surface area contributed by atoms with Crippen LogP contribution in [0.3, 0.4) is 0 Å². The number of thiophene rings is 1. The van der Waals surface area contributed by atoms with E-state index in [1.807, 2.05) is 24.3 Å². The summed E-state index contributed by atoms with van der Waals surface area (Å²) in [5.41, 5.74) is 0.356. The lowest BCUT2D eigenvalue weighted by Crippen LogP contribution is -2.05. The molecule has 17 heavy (non-hydrogen) atoms. The third-order valence-electron chi connectivity index (χ3n) is 2.52. The minimum absolute atomic E-state index is 0.0715. The lowest BCUT2D eigenvalue weighted by atomic mass is 10.2. The molecule has 0 atom stereocenters. The number of fused-ring (bicyclic) bond motifs is 3. The summed E-state index contributed by atoms with van der Waals surface area (Å²) >= 11 is 2.98. The van der Waals surface area contributed by atoms with Crippen LogP contribution < -0.4 is 5.43 Å². The van der Waals surface area contributed by atoms with Crippen molar-refractivity contribution in [2.45, 2.75) is 0 Å². The van der Waals surface area contributed by atoms with Crippen LogP contribution in [0.4, 0.5) is 0 Å². The molecule has 0 aliphatic rings. The molecule has 0 amide bonds. The van der Waals surface area contributed by atoms with Gasteiger partial charge >= 0.3 is 0 Å². The fraction of sp³-hybridized carbons (Fsp3) is 0. The molecule has 0 saturated heterocycles. The van der Waals surface area contributed by atoms with Gasteiger partial charge in [-0.05, 0) is 6.07 Å². The minimum Gasteiger partial charge on any atom is -0.411 e. The number of rotatable bonds is 1. The van der Waals surface area contributed by atoms with Gasteiger partial charge in [-0.15, -0.1) is 22.7 Å². The lowest BCUT2D eigenvalue weighted by molar-refractivity contribution is 0.322. The molecule has 0 unspecified atom stereocenters. The molecule has 0 spiro atoms. The van der Waals surface area contributed by atoms with E-state index >= 15 is 0 Å². The van der Waals surface area contributed by atoms with Gasteiger partial charge in [-0.3, -0.25) is 4.79 Å². The van der Waals surface area contributed by atoms with E-state index in [0.717, 1.165) is 19.5 Å². The predicted molar refractivity (Wildman–Crippen MR) is 72.9 cm³/mol. The van der Waals surface area contributed by atoms with Crippen molar-refractivity contribution in [1.29, 1.82) is 0 Å². The second-order valence-electron chi connectivity index (χ2n) is 3.52. The summed E-state index contributed by atoms with van der Waals surface area (Å²) in [6.07, 6.45) is 1.18. The number of oxime groups is 1. The Morgan fingerprint density at radius 3 is 2.88 bits per heavy atom. The summed E-state index contributed by atoms with van der Waals surface area (Å²) in [5.74, 6) is 0. The van der Waals surface area contributed by atoms with Gasteiger partial charge in [0.2, 0.25) is 5.43 Å². The topological polar surface area (TPSA) is 49.7 Å². The Kier molecular flexibility index (Phi) is 2.42. The molecule has 5 heteroatoms. The van der Waals surface area contributed by atoms with Crippen molar-refractivity contribution < 1.29 is 5.21 Å². The molecular weight excluding hydrogens is 254 g/mol. The van der Waals surface area contributed by atoms with E-state index in [1.54, 1.807) is 5.38 Å². The Labute approximate surface area is 104 Å². The van der Waals surface area contributed by atoms with E-state index in [9.17, 15) is 4.79 Å². The monoisotopic (exact) mass is 261 g/mol. The molecular formula is C12H7NO2S2. The highest BCUT2D eigenvalue weighted by molar-refractivity contribution is 7.31. The maximum atomic E-state index is 12.1. The molecule has 0 fully saturated rings. The van der Waals surface area contributed by atoms with Crippen molar-refractivity contribution in [1.82, 2.24) is 0 Å². The number of hydrogen-bond acceptors (Lipinski definition) is 5. The first-order chi connectivity index (χ1) is 8.31. The van der Waals surface area contributed by atoms with E-state index in [4.69, 9.17) is 5.21 Å². The zero-order chi connectivity index (χ0) is 11.8. The normalized spacial score (nSPS) is 11.8. The van der Waals surface area contributed by atoms with Crippen molar-refractivity contribution in [3.63, 3.8) is 0 Å². The van der Waals surface area contributed by atoms with Gasteiger partial charge < -0.3 is 5.21 Å². The Morgan fingerprint density at radius 1 is 1.24 bits per heavy atom. The number of benzene rings is 1. The molecule has 2 heterocycles. The zero-order valence-electron chi connectivity index (χ0n) is 8.58. The molecule has 0 bridgehead atoms. The fourth-order valence-electron chi connectivity index (χ4n) is 1.75. The zero-order valence-corrected chi connectivity index (χ0v) is 10.2. The SMILES string of the molecule is O=c1c(/C=N/O)csc2c1sc1ccccc12. The molecule has 3 nitrogen and oxygen atoms in total. The Balaban J connectivity index is 2.49. The summed E-state index contributed by atoms with van der Waals surface area (Å²) in [7, 11) is 0. The van der Waals surface area contributed by atoms with Gasteiger partial charge in [0.05, 0.1) is 21.2 Å². The standard InChI is InChI=1S/C12H7NO2S2/c14-10-7(5-13-15)6-16-11-8-3-1-2-4-9(8)17-12(10)11/h1-6,15H/b13-5+. The molecule has 2 aromatic heterocycles. The van der Waals surface area contributed by atoms with Gasteiger partial charge in [0.25, 0.3) is 0 Å². The molecule has 0 aliphatic heterocycles. The molecule has 0 aliphatic carbocycles. The first kappa shape index (κ1) is 10.4. The number of nitrogens with zero attached hydrogens (tertiary/aromatic N) is 1. The molecule has 3 rings (SSSR count). The van der Waals surface area contributed by atoms with E-state index < -0.39 is 0 Å². The number of hydrogen-bond donors (Lipinski definition) is 1. The van der Waals surface area contributed by atoms with Gasteiger partial charge in [0.1, 0.15) is 0 Å². The molecule has 3 aromatic rings. The smallest absolute Gasteiger partial charge is 0.206 e. The largest absolute Gasteiger partial charge is 0.411 e. The first-order valence-electron chi connectivity index (χ1n) is 4.92. The van der Waals surface area contributed by atoms with Gasteiger partial charge in [-0.2, -0.15) is 0 Å². The average molecular weight is 261 g/mol. The maximum absolute atomic E-state index is 12.1. The van der Waals surface area contributed by atoms with Gasteiger partial charge in [0.15, 0.2) is 0 Å². The molecule has 84 valence electrons. The van der Waals surface area contributed by atoms with Gasteiger partial charge in [0, 0.05) is 15.5 Å². The highest BCUT2D eigenvalue weighted by atomic mass is 32.1. The minimum atomic E-state index is -0.0715. The van der Waals surface area contributed by atoms with Crippen molar-refractivity contribution >= 4 is 48.4 Å². The Morgan fingerprint density at radius 2 is 2.06 bits per heavy atom. The predicted octanol–water partition coefficient (Wildman–Crippen LogP) is 3.28. The van der Waals surface area contributed by atoms with Crippen LogP contribution in [0.5, 0.6) is 0 Å². The summed E-state index contributed by atoms with van der Waals surface area (Å²) in [5, 5.41) is 14.2. The van der Waals surface area contributed by atoms with Crippen molar-refractivity contribution in [2.75, 3.05) is 0 Å². The van der Waals surface area contributed by atoms with Gasteiger partial charge in [-0.1, -0.05) is 23.4 Å². The van der Waals surface area contributed by atoms with Crippen molar-refractivity contribution in [3.8, 4) is 0 Å². The Bertz CT molecular complexity index is 786. The van der Waals surface area contributed by atoms with Crippen LogP contribution >= 0.6 is 22.7 Å². The summed E-state index contributed by atoms with van der Waals surface area (Å²) in [4.78, 5) is 12.1. The molecule has 1 N–H and O–H groups in total. The fourth-order valence-corrected chi connectivity index (χ4v) is 4.06. The van der Waals surface area contributed by atoms with Crippen LogP contribution in [-0.2, 0) is 0 Å². The quantitative estimate of drug-likeness (QED) is 0.415. The lowest BCUT2D eigenvalue weighted by Gasteiger charge is -1.91. The highest BCUT2D eigenvalue weighted by Gasteiger charge is 2.10. The van der Waals surface area contributed by atoms with E-state index in [-0.39, 0.29) is 5.43 Å². The van der Waals surface area contributed by atoms with Gasteiger partial charge in [-0.25, -0.2) is 0 Å². The maximum Gasteiger partial charge on any atom is 0.206 e. The summed E-state index contributed by atoms with van der Waals surface area (Å²) < 4.78 is 2.84. The second kappa shape index (κ2) is 3.94. The van der Waals surface area contributed by atoms with Crippen LogP contribution in [0, 0.1) is 0 Å². The summed E-state index contributed by atoms with van der Waals surface area (Å²) in [6.45, 7) is 0. The van der Waals surface area contributed by atoms with Crippen LogP contribution in [0.25, 0.3) is 19.5 Å². The third-order valence-corrected chi connectivity index (χ3v) is 4.85. The van der Waals surface area contributed by atoms with Crippen molar-refractivity contribution in [3.05, 3.63) is 45.4 Å².